The van der Waals surface area contributed by atoms with E-state index in [-0.39, 0.29) is 5.82 Å². The molecule has 0 aliphatic heterocycles. The predicted molar refractivity (Wildman–Crippen MR) is 78.9 cm³/mol. The summed E-state index contributed by atoms with van der Waals surface area (Å²) < 4.78 is 84.9. The van der Waals surface area contributed by atoms with E-state index in [0.29, 0.717) is 29.8 Å². The van der Waals surface area contributed by atoms with Gasteiger partial charge in [0.1, 0.15) is 0 Å². The van der Waals surface area contributed by atoms with E-state index < -0.39 is 35.3 Å². The van der Waals surface area contributed by atoms with Crippen LogP contribution in [0.1, 0.15) is 23.2 Å². The molecule has 0 bridgehead atoms. The second-order valence-electron chi connectivity index (χ2n) is 5.39. The predicted octanol–water partition coefficient (Wildman–Crippen LogP) is 5.56. The third-order valence-corrected chi connectivity index (χ3v) is 3.59. The lowest BCUT2D eigenvalue weighted by Crippen LogP contribution is -2.21. The molecule has 0 spiro atoms. The fraction of sp³-hybridized carbons (Fsp3) is 0.176. The smallest absolute Gasteiger partial charge is 0.332 e. The summed E-state index contributed by atoms with van der Waals surface area (Å²) in [5.74, 6) is -5.62. The zero-order valence-electron chi connectivity index (χ0n) is 12.8. The average Bonchev–Trinajstić information content (AvgIpc) is 3.12. The molecule has 0 saturated heterocycles. The molecule has 2 aromatic carbocycles. The first-order valence-electron chi connectivity index (χ1n) is 7.28. The molecule has 1 aromatic heterocycles. The van der Waals surface area contributed by atoms with Crippen molar-refractivity contribution in [2.45, 2.75) is 18.3 Å². The summed E-state index contributed by atoms with van der Waals surface area (Å²) in [6.07, 6.45) is -7.60. The summed E-state index contributed by atoms with van der Waals surface area (Å²) in [5.41, 5.74) is -1.31. The van der Waals surface area contributed by atoms with Crippen molar-refractivity contribution in [1.82, 2.24) is 10.1 Å². The summed E-state index contributed by atoms with van der Waals surface area (Å²) in [4.78, 5) is 3.51. The molecule has 1 unspecified atom stereocenters. The number of alkyl halides is 6. The second kappa shape index (κ2) is 6.47. The first-order chi connectivity index (χ1) is 12.2. The Morgan fingerprint density at radius 3 is 2.04 bits per heavy atom. The minimum atomic E-state index is -4.65. The van der Waals surface area contributed by atoms with E-state index >= 15 is 0 Å². The van der Waals surface area contributed by atoms with E-state index in [1.54, 1.807) is 30.3 Å². The molecule has 26 heavy (non-hydrogen) atoms. The lowest BCUT2D eigenvalue weighted by Gasteiger charge is -2.17. The Balaban J connectivity index is 1.87. The van der Waals surface area contributed by atoms with Crippen LogP contribution in [0.2, 0.25) is 0 Å². The van der Waals surface area contributed by atoms with Gasteiger partial charge in [0.05, 0.1) is 5.56 Å². The third-order valence-electron chi connectivity index (χ3n) is 3.59. The van der Waals surface area contributed by atoms with E-state index in [4.69, 9.17) is 0 Å². The number of hydrogen-bond donors (Lipinski definition) is 0. The van der Waals surface area contributed by atoms with E-state index in [9.17, 15) is 26.3 Å². The van der Waals surface area contributed by atoms with Gasteiger partial charge in [-0.15, -0.1) is 0 Å². The van der Waals surface area contributed by atoms with Crippen molar-refractivity contribution in [3.63, 3.8) is 0 Å². The van der Waals surface area contributed by atoms with E-state index in [1.807, 2.05) is 0 Å². The first-order valence-corrected chi connectivity index (χ1v) is 7.28. The first kappa shape index (κ1) is 18.0. The van der Waals surface area contributed by atoms with Gasteiger partial charge in [0.15, 0.2) is 6.17 Å². The normalized spacial score (nSPS) is 13.6. The highest BCUT2D eigenvalue weighted by atomic mass is 19.4. The average molecular weight is 372 g/mol. The fourth-order valence-corrected chi connectivity index (χ4v) is 2.22. The Morgan fingerprint density at radius 2 is 1.46 bits per heavy atom. The molecule has 3 aromatic rings. The van der Waals surface area contributed by atoms with Gasteiger partial charge in [-0.25, -0.2) is 4.39 Å². The summed E-state index contributed by atoms with van der Waals surface area (Å²) in [5, 5.41) is 3.39. The van der Waals surface area contributed by atoms with Crippen LogP contribution in [0.3, 0.4) is 0 Å². The maximum Gasteiger partial charge on any atom is 0.416 e. The van der Waals surface area contributed by atoms with Crippen LogP contribution in [-0.2, 0) is 12.1 Å². The van der Waals surface area contributed by atoms with Crippen LogP contribution in [0.15, 0.2) is 59.1 Å². The van der Waals surface area contributed by atoms with Crippen LogP contribution in [0.4, 0.5) is 26.3 Å². The van der Waals surface area contributed by atoms with Crippen molar-refractivity contribution in [2.24, 2.45) is 0 Å². The molecule has 1 atom stereocenters. The lowest BCUT2D eigenvalue weighted by atomic mass is 10.0. The minimum absolute atomic E-state index is 0.153. The maximum atomic E-state index is 14.3. The number of nitrogens with zero attached hydrogens (tertiary/aromatic N) is 2. The summed E-state index contributed by atoms with van der Waals surface area (Å²) >= 11 is 0. The Kier molecular flexibility index (Phi) is 4.47. The maximum absolute atomic E-state index is 14.3. The van der Waals surface area contributed by atoms with Gasteiger partial charge in [-0.2, -0.15) is 26.9 Å². The zero-order valence-corrected chi connectivity index (χ0v) is 12.8. The van der Waals surface area contributed by atoms with Crippen LogP contribution in [-0.4, -0.2) is 10.1 Å². The van der Waals surface area contributed by atoms with E-state index in [2.05, 4.69) is 14.7 Å². The highest BCUT2D eigenvalue weighted by Crippen LogP contribution is 2.43. The molecule has 0 fully saturated rings. The van der Waals surface area contributed by atoms with Crippen molar-refractivity contribution in [3.8, 4) is 11.4 Å². The second-order valence-corrected chi connectivity index (χ2v) is 5.39. The molecule has 3 rings (SSSR count). The highest BCUT2D eigenvalue weighted by molar-refractivity contribution is 5.53. The SMILES string of the molecule is FC(c1ccc(C(F)(F)F)cc1)C(F)(F)c1nc(-c2ccccc2)no1. The fourth-order valence-electron chi connectivity index (χ4n) is 2.22. The topological polar surface area (TPSA) is 38.9 Å². The molecule has 0 radical (unpaired) electrons. The molecule has 0 amide bonds. The molecule has 3 nitrogen and oxygen atoms in total. The molecule has 0 saturated carbocycles. The monoisotopic (exact) mass is 372 g/mol. The zero-order chi connectivity index (χ0) is 18.9. The minimum Gasteiger partial charge on any atom is -0.332 e. The van der Waals surface area contributed by atoms with Crippen molar-refractivity contribution >= 4 is 0 Å². The number of rotatable bonds is 4. The van der Waals surface area contributed by atoms with Crippen LogP contribution < -0.4 is 0 Å². The molecule has 9 heteroatoms. The molecule has 0 aliphatic carbocycles. The van der Waals surface area contributed by atoms with E-state index in [1.165, 1.54) is 0 Å². The van der Waals surface area contributed by atoms with Crippen LogP contribution in [0.5, 0.6) is 0 Å². The highest BCUT2D eigenvalue weighted by Gasteiger charge is 2.48. The third kappa shape index (κ3) is 3.42. The number of hydrogen-bond acceptors (Lipinski definition) is 3. The Bertz CT molecular complexity index is 874. The Hall–Kier alpha value is -2.84. The van der Waals surface area contributed by atoms with Gasteiger partial charge >= 0.3 is 18.0 Å². The van der Waals surface area contributed by atoms with Crippen LogP contribution >= 0.6 is 0 Å². The molecule has 136 valence electrons. The molecule has 0 aliphatic rings. The molecule has 1 heterocycles. The van der Waals surface area contributed by atoms with Crippen molar-refractivity contribution in [2.75, 3.05) is 0 Å². The summed E-state index contributed by atoms with van der Waals surface area (Å²) in [7, 11) is 0. The molecular formula is C17H10F6N2O. The van der Waals surface area contributed by atoms with Gasteiger partial charge in [-0.05, 0) is 17.7 Å². The van der Waals surface area contributed by atoms with Crippen LogP contribution in [0, 0.1) is 0 Å². The summed E-state index contributed by atoms with van der Waals surface area (Å²) in [6.45, 7) is 0. The molecule has 0 N–H and O–H groups in total. The van der Waals surface area contributed by atoms with E-state index in [0.717, 1.165) is 0 Å². The van der Waals surface area contributed by atoms with Gasteiger partial charge in [0.2, 0.25) is 5.82 Å². The van der Waals surface area contributed by atoms with Crippen molar-refractivity contribution in [1.29, 1.82) is 0 Å². The van der Waals surface area contributed by atoms with Gasteiger partial charge in [-0.3, -0.25) is 0 Å². The summed E-state index contributed by atoms with van der Waals surface area (Å²) in [6, 6.07) is 10.4. The number of benzene rings is 2. The number of aromatic nitrogens is 2. The Morgan fingerprint density at radius 1 is 0.846 bits per heavy atom. The van der Waals surface area contributed by atoms with Gasteiger partial charge in [0.25, 0.3) is 0 Å². The van der Waals surface area contributed by atoms with Gasteiger partial charge in [-0.1, -0.05) is 47.6 Å². The quantitative estimate of drug-likeness (QED) is 0.563. The standard InChI is InChI=1S/C17H10F6N2O/c18-13(10-6-8-12(9-7-10)17(21,22)23)16(19,20)15-24-14(25-26-15)11-4-2-1-3-5-11/h1-9,13H. The Labute approximate surface area is 143 Å². The van der Waals surface area contributed by atoms with Crippen LogP contribution in [0.25, 0.3) is 11.4 Å². The van der Waals surface area contributed by atoms with Gasteiger partial charge in [0, 0.05) is 5.56 Å². The lowest BCUT2D eigenvalue weighted by molar-refractivity contribution is -0.137. The number of halogens is 6. The molecular weight excluding hydrogens is 362 g/mol. The van der Waals surface area contributed by atoms with Crippen molar-refractivity contribution in [3.05, 3.63) is 71.6 Å². The van der Waals surface area contributed by atoms with Crippen molar-refractivity contribution < 1.29 is 30.9 Å². The van der Waals surface area contributed by atoms with Gasteiger partial charge < -0.3 is 4.52 Å². The largest absolute Gasteiger partial charge is 0.416 e.